The maximum absolute atomic E-state index is 12.4. The van der Waals surface area contributed by atoms with Crippen LogP contribution in [-0.4, -0.2) is 78.2 Å². The number of H-pyrrole nitrogens is 1. The second-order valence-electron chi connectivity index (χ2n) is 12.8. The van der Waals surface area contributed by atoms with Crippen LogP contribution in [0.15, 0.2) is 66.7 Å². The van der Waals surface area contributed by atoms with Gasteiger partial charge in [0, 0.05) is 57.1 Å². The molecule has 3 heterocycles. The van der Waals surface area contributed by atoms with Gasteiger partial charge in [0.05, 0.1) is 11.2 Å². The van der Waals surface area contributed by atoms with Crippen molar-refractivity contribution in [2.75, 3.05) is 62.6 Å². The van der Waals surface area contributed by atoms with Crippen LogP contribution < -0.4 is 15.0 Å². The highest BCUT2D eigenvalue weighted by atomic mass is 16.5. The van der Waals surface area contributed by atoms with E-state index >= 15 is 0 Å². The molecule has 0 radical (unpaired) electrons. The number of piperidine rings is 1. The van der Waals surface area contributed by atoms with Gasteiger partial charge in [-0.1, -0.05) is 51.1 Å². The molecule has 0 unspecified atom stereocenters. The zero-order valence-electron chi connectivity index (χ0n) is 25.7. The van der Waals surface area contributed by atoms with E-state index in [0.29, 0.717) is 6.61 Å². The number of piperazine rings is 1. The molecule has 1 aromatic heterocycles. The number of likely N-dealkylation sites (tertiary alicyclic amines) is 1. The van der Waals surface area contributed by atoms with Crippen LogP contribution in [-0.2, 0) is 5.41 Å². The minimum Gasteiger partial charge on any atom is -0.492 e. The number of rotatable bonds is 7. The van der Waals surface area contributed by atoms with Crippen molar-refractivity contribution in [3.63, 3.8) is 0 Å². The number of aromatic nitrogens is 2. The molecule has 2 aliphatic heterocycles. The zero-order valence-corrected chi connectivity index (χ0v) is 25.7. The number of carbonyl (C=O) groups is 1. The summed E-state index contributed by atoms with van der Waals surface area (Å²) in [5, 5.41) is 3.00. The minimum atomic E-state index is -0.0117. The molecule has 43 heavy (non-hydrogen) atoms. The molecule has 3 aromatic carbocycles. The van der Waals surface area contributed by atoms with Crippen LogP contribution in [0.1, 0.15) is 45.6 Å². The Balaban J connectivity index is 0.989. The molecule has 226 valence electrons. The van der Waals surface area contributed by atoms with Crippen molar-refractivity contribution in [2.45, 2.75) is 45.4 Å². The van der Waals surface area contributed by atoms with Crippen molar-refractivity contribution >= 4 is 28.4 Å². The van der Waals surface area contributed by atoms with Gasteiger partial charge in [-0.05, 0) is 66.6 Å². The second kappa shape index (κ2) is 12.7. The Morgan fingerprint density at radius 1 is 0.884 bits per heavy atom. The lowest BCUT2D eigenvalue weighted by Crippen LogP contribution is -2.47. The van der Waals surface area contributed by atoms with Gasteiger partial charge in [0.25, 0.3) is 0 Å². The molecule has 2 amide bonds. The highest BCUT2D eigenvalue weighted by molar-refractivity contribution is 5.91. The zero-order chi connectivity index (χ0) is 29.8. The molecule has 0 aliphatic carbocycles. The average molecular weight is 581 g/mol. The van der Waals surface area contributed by atoms with Crippen LogP contribution in [0.2, 0.25) is 0 Å². The van der Waals surface area contributed by atoms with E-state index in [2.05, 4.69) is 83.3 Å². The van der Waals surface area contributed by atoms with Gasteiger partial charge < -0.3 is 24.8 Å². The Morgan fingerprint density at radius 2 is 1.60 bits per heavy atom. The van der Waals surface area contributed by atoms with Crippen molar-refractivity contribution in [1.82, 2.24) is 19.8 Å². The number of aromatic amines is 1. The number of hydrogen-bond acceptors (Lipinski definition) is 5. The average Bonchev–Trinajstić information content (AvgIpc) is 3.47. The Kier molecular flexibility index (Phi) is 8.56. The van der Waals surface area contributed by atoms with Crippen LogP contribution in [0.5, 0.6) is 5.75 Å². The fourth-order valence-corrected chi connectivity index (χ4v) is 5.98. The van der Waals surface area contributed by atoms with Crippen molar-refractivity contribution in [1.29, 1.82) is 0 Å². The molecule has 0 saturated carbocycles. The van der Waals surface area contributed by atoms with Crippen molar-refractivity contribution in [3.05, 3.63) is 72.3 Å². The number of hydrogen-bond donors (Lipinski definition) is 2. The monoisotopic (exact) mass is 580 g/mol. The number of amides is 2. The van der Waals surface area contributed by atoms with Crippen LogP contribution in [0.3, 0.4) is 0 Å². The van der Waals surface area contributed by atoms with Gasteiger partial charge in [0.15, 0.2) is 0 Å². The molecule has 2 aliphatic rings. The molecule has 0 atom stereocenters. The standard InChI is InChI=1S/C35H44N6O2/c1-35(2,3)27-12-10-26(11-13-27)33-37-30-8-7-9-31(32(30)38-33)40-22-20-39(21-23-40)24-25-43-29-16-14-28(15-17-29)36-34(42)41-18-5-4-6-19-41/h7-17H,4-6,18-25H2,1-3H3,(H,36,42)(H,37,38). The van der Waals surface area contributed by atoms with Crippen molar-refractivity contribution < 1.29 is 9.53 Å². The number of para-hydroxylation sites is 1. The highest BCUT2D eigenvalue weighted by Gasteiger charge is 2.21. The first-order valence-corrected chi connectivity index (χ1v) is 15.7. The summed E-state index contributed by atoms with van der Waals surface area (Å²) in [7, 11) is 0. The van der Waals surface area contributed by atoms with Crippen LogP contribution in [0.4, 0.5) is 16.2 Å². The Hall–Kier alpha value is -4.04. The molecule has 2 saturated heterocycles. The maximum atomic E-state index is 12.4. The minimum absolute atomic E-state index is 0.0117. The van der Waals surface area contributed by atoms with Crippen molar-refractivity contribution in [2.24, 2.45) is 0 Å². The largest absolute Gasteiger partial charge is 0.492 e. The van der Waals surface area contributed by atoms with Gasteiger partial charge in [-0.15, -0.1) is 0 Å². The van der Waals surface area contributed by atoms with E-state index in [1.54, 1.807) is 0 Å². The molecule has 8 nitrogen and oxygen atoms in total. The molecule has 4 aromatic rings. The maximum Gasteiger partial charge on any atom is 0.321 e. The smallest absolute Gasteiger partial charge is 0.321 e. The van der Waals surface area contributed by atoms with Gasteiger partial charge in [0.2, 0.25) is 0 Å². The summed E-state index contributed by atoms with van der Waals surface area (Å²) < 4.78 is 6.03. The molecule has 8 heteroatoms. The summed E-state index contributed by atoms with van der Waals surface area (Å²) in [5.41, 5.74) is 6.65. The van der Waals surface area contributed by atoms with Gasteiger partial charge >= 0.3 is 6.03 Å². The van der Waals surface area contributed by atoms with Gasteiger partial charge in [-0.3, -0.25) is 4.90 Å². The number of fused-ring (bicyclic) bond motifs is 1. The lowest BCUT2D eigenvalue weighted by Gasteiger charge is -2.36. The quantitative estimate of drug-likeness (QED) is 0.253. The molecular formula is C35H44N6O2. The number of imidazole rings is 1. The predicted octanol–water partition coefficient (Wildman–Crippen LogP) is 6.75. The van der Waals surface area contributed by atoms with E-state index in [4.69, 9.17) is 9.72 Å². The predicted molar refractivity (Wildman–Crippen MR) is 175 cm³/mol. The number of nitrogens with zero attached hydrogens (tertiary/aromatic N) is 4. The van der Waals surface area contributed by atoms with E-state index < -0.39 is 0 Å². The number of nitrogens with one attached hydrogen (secondary N) is 2. The Labute approximate surface area is 255 Å². The number of benzene rings is 3. The fraction of sp³-hybridized carbons (Fsp3) is 0.429. The molecule has 0 bridgehead atoms. The van der Waals surface area contributed by atoms with Crippen molar-refractivity contribution in [3.8, 4) is 17.1 Å². The summed E-state index contributed by atoms with van der Waals surface area (Å²) in [6.45, 7) is 13.8. The first-order chi connectivity index (χ1) is 20.8. The molecule has 0 spiro atoms. The Morgan fingerprint density at radius 3 is 2.30 bits per heavy atom. The molecule has 2 fully saturated rings. The van der Waals surface area contributed by atoms with Crippen LogP contribution in [0.25, 0.3) is 22.4 Å². The van der Waals surface area contributed by atoms with E-state index in [9.17, 15) is 4.79 Å². The SMILES string of the molecule is CC(C)(C)c1ccc(-c2nc3c(N4CCN(CCOc5ccc(NC(=O)N6CCCCC6)cc5)CC4)cccc3[nH]2)cc1. The fourth-order valence-electron chi connectivity index (χ4n) is 5.98. The molecular weight excluding hydrogens is 536 g/mol. The van der Waals surface area contributed by atoms with Gasteiger partial charge in [-0.25, -0.2) is 9.78 Å². The van der Waals surface area contributed by atoms with Crippen LogP contribution in [0, 0.1) is 0 Å². The number of urea groups is 1. The summed E-state index contributed by atoms with van der Waals surface area (Å²) in [6.07, 6.45) is 3.38. The first-order valence-electron chi connectivity index (χ1n) is 15.7. The lowest BCUT2D eigenvalue weighted by atomic mass is 9.87. The summed E-state index contributed by atoms with van der Waals surface area (Å²) in [5.74, 6) is 1.74. The number of carbonyl (C=O) groups excluding carboxylic acids is 1. The lowest BCUT2D eigenvalue weighted by molar-refractivity contribution is 0.199. The first kappa shape index (κ1) is 29.1. The second-order valence-corrected chi connectivity index (χ2v) is 12.8. The number of anilines is 2. The number of ether oxygens (including phenoxy) is 1. The third kappa shape index (κ3) is 6.96. The summed E-state index contributed by atoms with van der Waals surface area (Å²) >= 11 is 0. The van der Waals surface area contributed by atoms with Crippen LogP contribution >= 0.6 is 0 Å². The van der Waals surface area contributed by atoms with E-state index in [0.717, 1.165) is 92.5 Å². The van der Waals surface area contributed by atoms with Gasteiger partial charge in [-0.2, -0.15) is 0 Å². The summed E-state index contributed by atoms with van der Waals surface area (Å²) in [6, 6.07) is 22.8. The van der Waals surface area contributed by atoms with E-state index in [1.165, 1.54) is 17.7 Å². The normalized spacial score (nSPS) is 16.4. The van der Waals surface area contributed by atoms with E-state index in [1.807, 2.05) is 29.2 Å². The Bertz CT molecular complexity index is 1510. The third-order valence-corrected chi connectivity index (χ3v) is 8.65. The topological polar surface area (TPSA) is 76.7 Å². The third-order valence-electron chi connectivity index (χ3n) is 8.65. The molecule has 6 rings (SSSR count). The summed E-state index contributed by atoms with van der Waals surface area (Å²) in [4.78, 5) is 27.8. The van der Waals surface area contributed by atoms with E-state index in [-0.39, 0.29) is 11.4 Å². The molecule has 2 N–H and O–H groups in total. The van der Waals surface area contributed by atoms with Gasteiger partial charge in [0.1, 0.15) is 23.7 Å². The highest BCUT2D eigenvalue weighted by Crippen LogP contribution is 2.30.